The molecule has 1 nitrogen and oxygen atoms in total. The zero-order chi connectivity index (χ0) is 7.56. The predicted octanol–water partition coefficient (Wildman–Crippen LogP) is 2.52. The molecule has 0 heterocycles. The van der Waals surface area contributed by atoms with Crippen LogP contribution in [0.3, 0.4) is 0 Å². The molecule has 0 atom stereocenters. The Morgan fingerprint density at radius 3 is 2.70 bits per heavy atom. The quantitative estimate of drug-likeness (QED) is 0.669. The van der Waals surface area contributed by atoms with Crippen molar-refractivity contribution < 1.29 is 9.50 Å². The van der Waals surface area contributed by atoms with Crippen molar-refractivity contribution in [3.05, 3.63) is 34.1 Å². The summed E-state index contributed by atoms with van der Waals surface area (Å²) in [4.78, 5) is 0. The topological polar surface area (TPSA) is 19.9 Å². The van der Waals surface area contributed by atoms with Crippen molar-refractivity contribution in [1.82, 2.24) is 0 Å². The van der Waals surface area contributed by atoms with Crippen LogP contribution in [0.1, 0.15) is 5.56 Å². The van der Waals surface area contributed by atoms with Crippen molar-refractivity contribution in [3.8, 4) is 0 Å². The molecule has 1 aromatic carbocycles. The lowest BCUT2D eigenvalue weighted by Crippen LogP contribution is -1.86. The van der Waals surface area contributed by atoms with Gasteiger partial charge in [-0.25, -0.2) is 9.50 Å². The Bertz CT molecular complexity index is 237. The summed E-state index contributed by atoms with van der Waals surface area (Å²) in [6.07, 6.45) is 0. The fourth-order valence-corrected chi connectivity index (χ4v) is 1.06. The van der Waals surface area contributed by atoms with Crippen LogP contribution >= 0.6 is 15.9 Å². The van der Waals surface area contributed by atoms with Gasteiger partial charge in [0.2, 0.25) is 0 Å². The third kappa shape index (κ3) is 1.55. The molecule has 0 unspecified atom stereocenters. The Labute approximate surface area is 66.6 Å². The van der Waals surface area contributed by atoms with E-state index in [1.165, 1.54) is 12.1 Å². The second-order valence-electron chi connectivity index (χ2n) is 1.88. The van der Waals surface area contributed by atoms with Crippen LogP contribution in [-0.2, 0) is 11.7 Å². The lowest BCUT2D eigenvalue weighted by Gasteiger charge is -1.96. The first-order valence-electron chi connectivity index (χ1n) is 2.76. The molecule has 1 rings (SSSR count). The molecule has 0 amide bonds. The largest absolute Gasteiger partial charge is 0.231 e. The first kappa shape index (κ1) is 7.69. The number of halogens is 2. The zero-order valence-electron chi connectivity index (χ0n) is 5.10. The minimum Gasteiger partial charge on any atom is -0.231 e. The van der Waals surface area contributed by atoms with Crippen LogP contribution in [0.4, 0.5) is 4.39 Å². The summed E-state index contributed by atoms with van der Waals surface area (Å²) in [7, 11) is 0. The smallest absolute Gasteiger partial charge is 0.128 e. The lowest BCUT2D eigenvalue weighted by molar-refractivity contribution is 0.174. The number of rotatable bonds is 1. The van der Waals surface area contributed by atoms with E-state index in [1.807, 2.05) is 0 Å². The monoisotopic (exact) mass is 203 g/mol. The van der Waals surface area contributed by atoms with Crippen molar-refractivity contribution in [2.75, 3.05) is 0 Å². The van der Waals surface area contributed by atoms with Crippen molar-refractivity contribution in [1.29, 1.82) is 0 Å². The highest BCUT2D eigenvalue weighted by Crippen LogP contribution is 2.14. The Morgan fingerprint density at radius 1 is 1.50 bits per heavy atom. The molecule has 0 fully saturated rings. The van der Waals surface area contributed by atoms with Gasteiger partial charge in [-0.15, -0.1) is 0 Å². The van der Waals surface area contributed by atoms with E-state index in [0.29, 0.717) is 0 Å². The predicted molar refractivity (Wildman–Crippen MR) is 38.5 cm³/mol. The van der Waals surface area contributed by atoms with Crippen LogP contribution in [-0.4, -0.2) is 0 Å². The van der Waals surface area contributed by atoms with E-state index in [1.54, 1.807) is 6.07 Å². The average Bonchev–Trinajstić information content (AvgIpc) is 1.94. The summed E-state index contributed by atoms with van der Waals surface area (Å²) in [5, 5.41) is 10.2. The van der Waals surface area contributed by atoms with Gasteiger partial charge in [-0.2, -0.15) is 0 Å². The molecule has 0 saturated carbocycles. The van der Waals surface area contributed by atoms with Crippen LogP contribution in [0.2, 0.25) is 0 Å². The summed E-state index contributed by atoms with van der Waals surface area (Å²) in [6.45, 7) is -0.509. The van der Waals surface area contributed by atoms with E-state index in [-0.39, 0.29) is 5.56 Å². The van der Waals surface area contributed by atoms with Crippen molar-refractivity contribution >= 4 is 15.9 Å². The Hall–Kier alpha value is -0.410. The van der Waals surface area contributed by atoms with Gasteiger partial charge in [-0.05, 0) is 18.2 Å². The highest BCUT2D eigenvalue weighted by molar-refractivity contribution is 9.10. The Balaban J connectivity index is 3.09. The molecular weight excluding hydrogens is 199 g/mol. The van der Waals surface area contributed by atoms with E-state index < -0.39 is 12.4 Å². The molecule has 0 N–H and O–H groups in total. The maximum absolute atomic E-state index is 12.5. The number of benzene rings is 1. The molecular formula is C7H5BrFO. The van der Waals surface area contributed by atoms with Crippen molar-refractivity contribution in [3.63, 3.8) is 0 Å². The number of hydrogen-bond acceptors (Lipinski definition) is 0. The minimum atomic E-state index is -0.509. The van der Waals surface area contributed by atoms with Crippen molar-refractivity contribution in [2.45, 2.75) is 6.61 Å². The van der Waals surface area contributed by atoms with Crippen LogP contribution in [0.15, 0.2) is 22.7 Å². The van der Waals surface area contributed by atoms with E-state index in [2.05, 4.69) is 15.9 Å². The molecule has 0 aliphatic rings. The van der Waals surface area contributed by atoms with Gasteiger partial charge in [0.05, 0.1) is 0 Å². The maximum atomic E-state index is 12.5. The van der Waals surface area contributed by atoms with Gasteiger partial charge in [0.1, 0.15) is 12.4 Å². The summed E-state index contributed by atoms with van der Waals surface area (Å²) in [6, 6.07) is 4.33. The van der Waals surface area contributed by atoms with Gasteiger partial charge >= 0.3 is 0 Å². The van der Waals surface area contributed by atoms with E-state index in [9.17, 15) is 9.50 Å². The fraction of sp³-hybridized carbons (Fsp3) is 0.143. The van der Waals surface area contributed by atoms with E-state index in [4.69, 9.17) is 0 Å². The summed E-state index contributed by atoms with van der Waals surface area (Å²) < 4.78 is 13.3. The Morgan fingerprint density at radius 2 is 2.20 bits per heavy atom. The molecule has 10 heavy (non-hydrogen) atoms. The maximum Gasteiger partial charge on any atom is 0.128 e. The molecule has 1 radical (unpaired) electrons. The molecule has 0 spiro atoms. The van der Waals surface area contributed by atoms with Crippen LogP contribution in [0.5, 0.6) is 0 Å². The average molecular weight is 204 g/mol. The highest BCUT2D eigenvalue weighted by atomic mass is 79.9. The van der Waals surface area contributed by atoms with Gasteiger partial charge in [-0.3, -0.25) is 0 Å². The summed E-state index contributed by atoms with van der Waals surface area (Å²) >= 11 is 3.13. The second-order valence-corrected chi connectivity index (χ2v) is 2.80. The molecule has 3 heteroatoms. The van der Waals surface area contributed by atoms with Crippen LogP contribution < -0.4 is 0 Å². The minimum absolute atomic E-state index is 0.203. The van der Waals surface area contributed by atoms with Crippen LogP contribution in [0, 0.1) is 5.82 Å². The van der Waals surface area contributed by atoms with Crippen LogP contribution in [0.25, 0.3) is 0 Å². The normalized spacial score (nSPS) is 9.90. The van der Waals surface area contributed by atoms with Gasteiger partial charge in [0.25, 0.3) is 0 Å². The molecule has 0 bridgehead atoms. The molecule has 0 aromatic heterocycles. The third-order valence-electron chi connectivity index (χ3n) is 1.16. The molecule has 0 aliphatic carbocycles. The zero-order valence-corrected chi connectivity index (χ0v) is 6.69. The van der Waals surface area contributed by atoms with E-state index >= 15 is 0 Å². The van der Waals surface area contributed by atoms with E-state index in [0.717, 1.165) is 4.47 Å². The lowest BCUT2D eigenvalue weighted by atomic mass is 10.2. The van der Waals surface area contributed by atoms with Gasteiger partial charge in [0, 0.05) is 10.0 Å². The molecule has 0 aliphatic heterocycles. The first-order chi connectivity index (χ1) is 4.74. The van der Waals surface area contributed by atoms with Gasteiger partial charge in [0.15, 0.2) is 0 Å². The standard InChI is InChI=1S/C7H5BrFO/c8-6-1-2-7(9)5(3-6)4-10/h1-3H,4H2. The van der Waals surface area contributed by atoms with Crippen molar-refractivity contribution in [2.24, 2.45) is 0 Å². The molecule has 0 saturated heterocycles. The first-order valence-corrected chi connectivity index (χ1v) is 3.55. The highest BCUT2D eigenvalue weighted by Gasteiger charge is 1.99. The molecule has 1 aromatic rings. The SMILES string of the molecule is [O]Cc1cc(Br)ccc1F. The number of hydrogen-bond donors (Lipinski definition) is 0. The van der Waals surface area contributed by atoms with Gasteiger partial charge in [-0.1, -0.05) is 15.9 Å². The summed E-state index contributed by atoms with van der Waals surface area (Å²) in [5.41, 5.74) is 0.203. The molecule has 53 valence electrons. The third-order valence-corrected chi connectivity index (χ3v) is 1.66. The van der Waals surface area contributed by atoms with Gasteiger partial charge < -0.3 is 0 Å². The second kappa shape index (κ2) is 3.12. The Kier molecular flexibility index (Phi) is 2.40. The summed E-state index contributed by atoms with van der Waals surface area (Å²) in [5.74, 6) is -0.432. The fourth-order valence-electron chi connectivity index (χ4n) is 0.654.